The lowest BCUT2D eigenvalue weighted by Gasteiger charge is -2.19. The third-order valence-corrected chi connectivity index (χ3v) is 19.1. The number of hydrogen-bond donors (Lipinski definition) is 0. The number of rotatable bonds is 18. The standard InChI is InChI=1S/C68H58N2P2/c1-7-23-51(24-8-1)53-37-41-55(42-38-53)65-49-57(27-19-21-47-71(59-29-11-3-12-30-59)60-31-13-4-14-32-60)69-67-63(65)45-46-64-66(56-43-39-54(40-44-56)52-25-9-2-10-26-52)50-58(70-68(64)67)28-20-22-48-72(61-33-15-5-16-34-61)62-35-17-6-18-36-62/h1-18,23-26,29-46,49-50H,19-22,27-28,47-48H2. The molecule has 11 rings (SSSR count). The molecule has 0 bridgehead atoms. The lowest BCUT2D eigenvalue weighted by Crippen LogP contribution is -2.14. The Kier molecular flexibility index (Phi) is 14.9. The fourth-order valence-corrected chi connectivity index (χ4v) is 15.0. The van der Waals surface area contributed by atoms with Gasteiger partial charge < -0.3 is 0 Å². The Balaban J connectivity index is 0.970. The molecular formula is C68H58N2P2. The van der Waals surface area contributed by atoms with Crippen molar-refractivity contribution in [3.8, 4) is 44.5 Å². The van der Waals surface area contributed by atoms with Gasteiger partial charge in [0.1, 0.15) is 0 Å². The van der Waals surface area contributed by atoms with Crippen LogP contribution in [0.15, 0.2) is 255 Å². The summed E-state index contributed by atoms with van der Waals surface area (Å²) in [5.41, 5.74) is 13.9. The van der Waals surface area contributed by atoms with Gasteiger partial charge in [-0.25, -0.2) is 0 Å². The van der Waals surface area contributed by atoms with Crippen molar-refractivity contribution in [1.82, 2.24) is 9.97 Å². The van der Waals surface area contributed by atoms with Gasteiger partial charge in [0, 0.05) is 22.2 Å². The van der Waals surface area contributed by atoms with Crippen LogP contribution < -0.4 is 21.2 Å². The van der Waals surface area contributed by atoms with Crippen LogP contribution >= 0.6 is 15.8 Å². The Morgan fingerprint density at radius 1 is 0.264 bits per heavy atom. The zero-order valence-corrected chi connectivity index (χ0v) is 42.5. The van der Waals surface area contributed by atoms with Crippen LogP contribution in [0.25, 0.3) is 66.3 Å². The third kappa shape index (κ3) is 10.9. The monoisotopic (exact) mass is 964 g/mol. The first-order chi connectivity index (χ1) is 35.7. The second-order valence-electron chi connectivity index (χ2n) is 18.6. The van der Waals surface area contributed by atoms with Gasteiger partial charge in [-0.1, -0.05) is 243 Å². The van der Waals surface area contributed by atoms with Crippen molar-refractivity contribution in [3.63, 3.8) is 0 Å². The summed E-state index contributed by atoms with van der Waals surface area (Å²) >= 11 is 0. The molecule has 0 atom stereocenters. The van der Waals surface area contributed by atoms with Crippen molar-refractivity contribution in [2.75, 3.05) is 12.3 Å². The molecule has 0 aliphatic heterocycles. The summed E-state index contributed by atoms with van der Waals surface area (Å²) in [6, 6.07) is 93.4. The van der Waals surface area contributed by atoms with Crippen molar-refractivity contribution >= 4 is 58.9 Å². The zero-order chi connectivity index (χ0) is 48.3. The number of unbranched alkanes of at least 4 members (excludes halogenated alkanes) is 2. The molecule has 4 heteroatoms. The van der Waals surface area contributed by atoms with Crippen molar-refractivity contribution < 1.29 is 0 Å². The van der Waals surface area contributed by atoms with E-state index in [9.17, 15) is 0 Å². The van der Waals surface area contributed by atoms with Crippen LogP contribution in [0.2, 0.25) is 0 Å². The number of fused-ring (bicyclic) bond motifs is 3. The van der Waals surface area contributed by atoms with Gasteiger partial charge in [-0.3, -0.25) is 9.97 Å². The molecule has 0 N–H and O–H groups in total. The van der Waals surface area contributed by atoms with E-state index in [2.05, 4.69) is 255 Å². The average molecular weight is 965 g/mol. The summed E-state index contributed by atoms with van der Waals surface area (Å²) in [6.07, 6.45) is 8.43. The van der Waals surface area contributed by atoms with Gasteiger partial charge in [0.25, 0.3) is 0 Å². The van der Waals surface area contributed by atoms with E-state index in [0.717, 1.165) is 84.0 Å². The van der Waals surface area contributed by atoms with E-state index in [1.807, 2.05) is 0 Å². The lowest BCUT2D eigenvalue weighted by atomic mass is 9.93. The average Bonchev–Trinajstić information content (AvgIpc) is 3.46. The molecule has 0 saturated heterocycles. The fourth-order valence-electron chi connectivity index (χ4n) is 10.2. The van der Waals surface area contributed by atoms with E-state index < -0.39 is 15.8 Å². The van der Waals surface area contributed by atoms with Crippen LogP contribution in [0.4, 0.5) is 0 Å². The predicted molar refractivity (Wildman–Crippen MR) is 313 cm³/mol. The first kappa shape index (κ1) is 47.0. The summed E-state index contributed by atoms with van der Waals surface area (Å²) in [6.45, 7) is 0. The molecule has 350 valence electrons. The summed E-state index contributed by atoms with van der Waals surface area (Å²) in [7, 11) is -0.914. The van der Waals surface area contributed by atoms with E-state index in [1.165, 1.54) is 65.7 Å². The van der Waals surface area contributed by atoms with Crippen molar-refractivity contribution in [2.24, 2.45) is 0 Å². The SMILES string of the molecule is c1ccc(-c2ccc(-c3cc(CCCCP(c4ccccc4)c4ccccc4)nc4c3ccc3c(-c5ccc(-c6ccccc6)cc5)cc(CCCCP(c5ccccc5)c5ccccc5)nc34)cc2)cc1. The second-order valence-corrected chi connectivity index (χ2v) is 23.3. The zero-order valence-electron chi connectivity index (χ0n) is 40.7. The molecule has 0 fully saturated rings. The molecule has 0 aliphatic rings. The molecular weight excluding hydrogens is 907 g/mol. The molecule has 72 heavy (non-hydrogen) atoms. The van der Waals surface area contributed by atoms with Gasteiger partial charge in [0.2, 0.25) is 0 Å². The van der Waals surface area contributed by atoms with Gasteiger partial charge in [-0.2, -0.15) is 0 Å². The smallest absolute Gasteiger partial charge is 0.0974 e. The Morgan fingerprint density at radius 3 is 0.861 bits per heavy atom. The molecule has 2 nitrogen and oxygen atoms in total. The topological polar surface area (TPSA) is 25.8 Å². The van der Waals surface area contributed by atoms with Crippen LogP contribution in [0.1, 0.15) is 37.1 Å². The van der Waals surface area contributed by atoms with Crippen LogP contribution in [0.5, 0.6) is 0 Å². The molecule has 2 heterocycles. The number of nitrogens with zero attached hydrogens (tertiary/aromatic N) is 2. The van der Waals surface area contributed by atoms with Crippen molar-refractivity contribution in [1.29, 1.82) is 0 Å². The summed E-state index contributed by atoms with van der Waals surface area (Å²) < 4.78 is 0. The van der Waals surface area contributed by atoms with E-state index >= 15 is 0 Å². The second kappa shape index (κ2) is 22.8. The quantitative estimate of drug-likeness (QED) is 0.0486. The number of hydrogen-bond acceptors (Lipinski definition) is 2. The van der Waals surface area contributed by atoms with Crippen LogP contribution in [-0.2, 0) is 12.8 Å². The molecule has 11 aromatic rings. The van der Waals surface area contributed by atoms with Crippen molar-refractivity contribution in [2.45, 2.75) is 38.5 Å². The summed E-state index contributed by atoms with van der Waals surface area (Å²) in [4.78, 5) is 11.3. The fraction of sp³-hybridized carbons (Fsp3) is 0.118. The highest BCUT2D eigenvalue weighted by molar-refractivity contribution is 7.73. The molecule has 0 unspecified atom stereocenters. The van der Waals surface area contributed by atoms with E-state index in [1.54, 1.807) is 0 Å². The molecule has 0 radical (unpaired) electrons. The maximum absolute atomic E-state index is 5.65. The van der Waals surface area contributed by atoms with Gasteiger partial charge in [0.05, 0.1) is 11.0 Å². The number of aryl methyl sites for hydroxylation is 2. The highest BCUT2D eigenvalue weighted by atomic mass is 31.1. The van der Waals surface area contributed by atoms with Crippen LogP contribution in [0, 0.1) is 0 Å². The Morgan fingerprint density at radius 2 is 0.542 bits per heavy atom. The summed E-state index contributed by atoms with van der Waals surface area (Å²) in [5.74, 6) is 0. The molecule has 0 spiro atoms. The highest BCUT2D eigenvalue weighted by Gasteiger charge is 2.19. The first-order valence-electron chi connectivity index (χ1n) is 25.6. The number of aromatic nitrogens is 2. The Hall–Kier alpha value is -7.34. The largest absolute Gasteiger partial charge is 0.250 e. The van der Waals surface area contributed by atoms with E-state index in [-0.39, 0.29) is 0 Å². The van der Waals surface area contributed by atoms with Crippen molar-refractivity contribution in [3.05, 3.63) is 266 Å². The molecule has 0 amide bonds. The molecule has 9 aromatic carbocycles. The van der Waals surface area contributed by atoms with E-state index in [4.69, 9.17) is 9.97 Å². The van der Waals surface area contributed by atoms with Gasteiger partial charge in [-0.15, -0.1) is 0 Å². The van der Waals surface area contributed by atoms with Gasteiger partial charge in [-0.05, 0) is 145 Å². The molecule has 0 aliphatic carbocycles. The summed E-state index contributed by atoms with van der Waals surface area (Å²) in [5, 5.41) is 8.04. The maximum atomic E-state index is 5.65. The van der Waals surface area contributed by atoms with Crippen LogP contribution in [-0.4, -0.2) is 22.3 Å². The highest BCUT2D eigenvalue weighted by Crippen LogP contribution is 2.40. The molecule has 0 saturated carbocycles. The van der Waals surface area contributed by atoms with Gasteiger partial charge in [0.15, 0.2) is 0 Å². The van der Waals surface area contributed by atoms with Crippen LogP contribution in [0.3, 0.4) is 0 Å². The lowest BCUT2D eigenvalue weighted by molar-refractivity contribution is 0.783. The Bertz CT molecular complexity index is 3160. The minimum absolute atomic E-state index is 0.457. The van der Waals surface area contributed by atoms with E-state index in [0.29, 0.717) is 0 Å². The normalized spacial score (nSPS) is 11.5. The minimum Gasteiger partial charge on any atom is -0.250 e. The first-order valence-corrected chi connectivity index (χ1v) is 28.6. The number of pyridine rings is 2. The predicted octanol–water partition coefficient (Wildman–Crippen LogP) is 16.4. The molecule has 2 aromatic heterocycles. The minimum atomic E-state index is -0.457. The number of benzene rings is 9. The maximum Gasteiger partial charge on any atom is 0.0974 e. The Labute approximate surface area is 428 Å². The third-order valence-electron chi connectivity index (χ3n) is 13.9. The van der Waals surface area contributed by atoms with Gasteiger partial charge >= 0.3 is 0 Å².